The molecule has 1 heterocycles. The summed E-state index contributed by atoms with van der Waals surface area (Å²) in [6.07, 6.45) is 0.996. The van der Waals surface area contributed by atoms with Gasteiger partial charge in [0, 0.05) is 23.7 Å². The number of aromatic nitrogens is 1. The van der Waals surface area contributed by atoms with Crippen LogP contribution < -0.4 is 11.1 Å². The van der Waals surface area contributed by atoms with Gasteiger partial charge in [0.05, 0.1) is 5.69 Å². The second kappa shape index (κ2) is 7.11. The Balaban J connectivity index is 2.00. The standard InChI is InChI=1S/C17H24N4O/c1-5-14-7-6-8-15(9-14)20-17(18)19-10-11(2)16-12(3)21-22-13(16)4/h6-9,11H,5,10H2,1-4H3,(H3,18,19,20). The van der Waals surface area contributed by atoms with Gasteiger partial charge in [-0.1, -0.05) is 31.1 Å². The van der Waals surface area contributed by atoms with Crippen molar-refractivity contribution >= 4 is 11.6 Å². The molecule has 0 aliphatic rings. The Morgan fingerprint density at radius 3 is 2.82 bits per heavy atom. The van der Waals surface area contributed by atoms with Crippen molar-refractivity contribution in [2.75, 3.05) is 11.9 Å². The van der Waals surface area contributed by atoms with E-state index in [-0.39, 0.29) is 5.92 Å². The van der Waals surface area contributed by atoms with Crippen LogP contribution in [0, 0.1) is 13.8 Å². The summed E-state index contributed by atoms with van der Waals surface area (Å²) in [5.74, 6) is 1.49. The summed E-state index contributed by atoms with van der Waals surface area (Å²) in [5, 5.41) is 7.12. The van der Waals surface area contributed by atoms with Gasteiger partial charge in [-0.25, -0.2) is 0 Å². The van der Waals surface area contributed by atoms with Crippen LogP contribution in [0.1, 0.15) is 42.3 Å². The highest BCUT2D eigenvalue weighted by Crippen LogP contribution is 2.23. The van der Waals surface area contributed by atoms with E-state index in [1.54, 1.807) is 0 Å². The third-order valence-corrected chi connectivity index (χ3v) is 3.72. The highest BCUT2D eigenvalue weighted by molar-refractivity contribution is 5.92. The number of nitrogens with zero attached hydrogens (tertiary/aromatic N) is 2. The molecule has 0 bridgehead atoms. The SMILES string of the molecule is CCc1cccc(NC(N)=NCC(C)c2c(C)noc2C)c1. The number of aryl methyl sites for hydroxylation is 3. The van der Waals surface area contributed by atoms with Crippen LogP contribution in [-0.4, -0.2) is 17.7 Å². The second-order valence-electron chi connectivity index (χ2n) is 5.54. The monoisotopic (exact) mass is 300 g/mol. The van der Waals surface area contributed by atoms with E-state index in [1.165, 1.54) is 5.56 Å². The summed E-state index contributed by atoms with van der Waals surface area (Å²) in [6.45, 7) is 8.69. The fourth-order valence-corrected chi connectivity index (χ4v) is 2.58. The molecule has 0 spiro atoms. The maximum atomic E-state index is 5.97. The number of hydrogen-bond donors (Lipinski definition) is 2. The molecule has 0 fully saturated rings. The Bertz CT molecular complexity index is 641. The largest absolute Gasteiger partial charge is 0.370 e. The lowest BCUT2D eigenvalue weighted by Crippen LogP contribution is -2.23. The second-order valence-corrected chi connectivity index (χ2v) is 5.54. The first-order chi connectivity index (χ1) is 10.5. The number of benzene rings is 1. The third kappa shape index (κ3) is 3.87. The van der Waals surface area contributed by atoms with Crippen molar-refractivity contribution in [1.82, 2.24) is 5.16 Å². The van der Waals surface area contributed by atoms with E-state index in [0.29, 0.717) is 12.5 Å². The fourth-order valence-electron chi connectivity index (χ4n) is 2.58. The lowest BCUT2D eigenvalue weighted by atomic mass is 10.00. The van der Waals surface area contributed by atoms with Crippen LogP contribution in [0.25, 0.3) is 0 Å². The highest BCUT2D eigenvalue weighted by atomic mass is 16.5. The Kier molecular flexibility index (Phi) is 5.20. The van der Waals surface area contributed by atoms with E-state index in [4.69, 9.17) is 10.3 Å². The molecule has 0 saturated carbocycles. The maximum Gasteiger partial charge on any atom is 0.193 e. The van der Waals surface area contributed by atoms with E-state index in [2.05, 4.69) is 41.4 Å². The molecule has 118 valence electrons. The van der Waals surface area contributed by atoms with Crippen molar-refractivity contribution in [1.29, 1.82) is 0 Å². The molecule has 0 aliphatic carbocycles. The van der Waals surface area contributed by atoms with E-state index in [1.807, 2.05) is 26.0 Å². The Morgan fingerprint density at radius 1 is 1.41 bits per heavy atom. The predicted octanol–water partition coefficient (Wildman–Crippen LogP) is 3.38. The summed E-state index contributed by atoms with van der Waals surface area (Å²) < 4.78 is 5.20. The molecule has 0 amide bonds. The van der Waals surface area contributed by atoms with Gasteiger partial charge in [-0.2, -0.15) is 0 Å². The number of anilines is 1. The van der Waals surface area contributed by atoms with Gasteiger partial charge in [-0.05, 0) is 38.0 Å². The molecule has 0 aliphatic heterocycles. The number of rotatable bonds is 5. The van der Waals surface area contributed by atoms with Crippen LogP contribution in [0.4, 0.5) is 5.69 Å². The number of aliphatic imine (C=N–C) groups is 1. The van der Waals surface area contributed by atoms with Crippen LogP contribution in [0.5, 0.6) is 0 Å². The van der Waals surface area contributed by atoms with Gasteiger partial charge < -0.3 is 15.6 Å². The molecule has 1 unspecified atom stereocenters. The van der Waals surface area contributed by atoms with E-state index < -0.39 is 0 Å². The zero-order valence-corrected chi connectivity index (χ0v) is 13.7. The quantitative estimate of drug-likeness (QED) is 0.655. The molecule has 1 atom stereocenters. The lowest BCUT2D eigenvalue weighted by Gasteiger charge is -2.10. The topological polar surface area (TPSA) is 76.4 Å². The van der Waals surface area contributed by atoms with Crippen LogP contribution in [0.3, 0.4) is 0 Å². The molecule has 3 N–H and O–H groups in total. The van der Waals surface area contributed by atoms with Gasteiger partial charge in [0.2, 0.25) is 0 Å². The van der Waals surface area contributed by atoms with Gasteiger partial charge in [-0.3, -0.25) is 4.99 Å². The first-order valence-corrected chi connectivity index (χ1v) is 7.60. The molecule has 0 radical (unpaired) electrons. The van der Waals surface area contributed by atoms with Gasteiger partial charge in [0.15, 0.2) is 5.96 Å². The lowest BCUT2D eigenvalue weighted by molar-refractivity contribution is 0.391. The van der Waals surface area contributed by atoms with Crippen LogP contribution in [0.2, 0.25) is 0 Å². The minimum Gasteiger partial charge on any atom is -0.370 e. The summed E-state index contributed by atoms with van der Waals surface area (Å²) in [6, 6.07) is 8.18. The van der Waals surface area contributed by atoms with Gasteiger partial charge in [0.25, 0.3) is 0 Å². The van der Waals surface area contributed by atoms with Crippen LogP contribution >= 0.6 is 0 Å². The average Bonchev–Trinajstić information content (AvgIpc) is 2.84. The number of guanidine groups is 1. The number of nitrogens with one attached hydrogen (secondary N) is 1. The van der Waals surface area contributed by atoms with Crippen LogP contribution in [-0.2, 0) is 6.42 Å². The molecular formula is C17H24N4O. The minimum absolute atomic E-state index is 0.216. The molecule has 0 saturated heterocycles. The van der Waals surface area contributed by atoms with E-state index in [0.717, 1.165) is 29.1 Å². The van der Waals surface area contributed by atoms with Crippen molar-refractivity contribution in [3.05, 3.63) is 46.8 Å². The zero-order valence-electron chi connectivity index (χ0n) is 13.7. The van der Waals surface area contributed by atoms with E-state index in [9.17, 15) is 0 Å². The van der Waals surface area contributed by atoms with Gasteiger partial charge in [0.1, 0.15) is 5.76 Å². The smallest absolute Gasteiger partial charge is 0.193 e. The molecule has 1 aromatic carbocycles. The molecule has 5 nitrogen and oxygen atoms in total. The van der Waals surface area contributed by atoms with Crippen molar-refractivity contribution in [2.24, 2.45) is 10.7 Å². The molecule has 1 aromatic heterocycles. The summed E-state index contributed by atoms with van der Waals surface area (Å²) in [4.78, 5) is 4.43. The molecular weight excluding hydrogens is 276 g/mol. The molecule has 22 heavy (non-hydrogen) atoms. The average molecular weight is 300 g/mol. The Labute approximate surface area is 131 Å². The first-order valence-electron chi connectivity index (χ1n) is 7.60. The Hall–Kier alpha value is -2.30. The van der Waals surface area contributed by atoms with E-state index >= 15 is 0 Å². The van der Waals surface area contributed by atoms with Crippen molar-refractivity contribution in [3.8, 4) is 0 Å². The summed E-state index contributed by atoms with van der Waals surface area (Å²) in [5.41, 5.74) is 10.2. The fraction of sp³-hybridized carbons (Fsp3) is 0.412. The predicted molar refractivity (Wildman–Crippen MR) is 90.3 cm³/mol. The van der Waals surface area contributed by atoms with Crippen LogP contribution in [0.15, 0.2) is 33.8 Å². The highest BCUT2D eigenvalue weighted by Gasteiger charge is 2.15. The van der Waals surface area contributed by atoms with Crippen molar-refractivity contribution < 1.29 is 4.52 Å². The normalized spacial score (nSPS) is 13.2. The summed E-state index contributed by atoms with van der Waals surface area (Å²) in [7, 11) is 0. The molecule has 5 heteroatoms. The third-order valence-electron chi connectivity index (χ3n) is 3.72. The first kappa shape index (κ1) is 16.1. The van der Waals surface area contributed by atoms with Crippen molar-refractivity contribution in [3.63, 3.8) is 0 Å². The van der Waals surface area contributed by atoms with Crippen molar-refractivity contribution in [2.45, 2.75) is 40.0 Å². The number of hydrogen-bond acceptors (Lipinski definition) is 3. The number of nitrogens with two attached hydrogens (primary N) is 1. The zero-order chi connectivity index (χ0) is 16.1. The maximum absolute atomic E-state index is 5.97. The van der Waals surface area contributed by atoms with Gasteiger partial charge in [-0.15, -0.1) is 0 Å². The Morgan fingerprint density at radius 2 is 2.18 bits per heavy atom. The summed E-state index contributed by atoms with van der Waals surface area (Å²) >= 11 is 0. The molecule has 2 rings (SSSR count). The minimum atomic E-state index is 0.216. The molecule has 2 aromatic rings. The van der Waals surface area contributed by atoms with Gasteiger partial charge >= 0.3 is 0 Å².